The number of hydrogen-bond donors (Lipinski definition) is 1. The van der Waals surface area contributed by atoms with E-state index in [1.165, 1.54) is 18.3 Å². The number of pyridine rings is 2. The van der Waals surface area contributed by atoms with Gasteiger partial charge in [0.15, 0.2) is 11.5 Å². The summed E-state index contributed by atoms with van der Waals surface area (Å²) in [6.45, 7) is -1.35. The number of sulfone groups is 1. The second-order valence-corrected chi connectivity index (χ2v) is 11.0. The fourth-order valence-corrected chi connectivity index (χ4v) is 5.71. The van der Waals surface area contributed by atoms with Gasteiger partial charge in [-0.05, 0) is 42.5 Å². The Morgan fingerprint density at radius 1 is 1.12 bits per heavy atom. The average Bonchev–Trinajstić information content (AvgIpc) is 3.19. The Bertz CT molecular complexity index is 1800. The Morgan fingerprint density at radius 3 is 2.77 bits per heavy atom. The first-order valence-electron chi connectivity index (χ1n) is 11.7. The van der Waals surface area contributed by atoms with Gasteiger partial charge in [-0.3, -0.25) is 9.78 Å². The molecule has 2 aromatic carbocycles. The van der Waals surface area contributed by atoms with Gasteiger partial charge >= 0.3 is 6.29 Å². The van der Waals surface area contributed by atoms with Gasteiger partial charge in [0.25, 0.3) is 5.91 Å². The van der Waals surface area contributed by atoms with Crippen LogP contribution >= 0.6 is 0 Å². The highest BCUT2D eigenvalue weighted by Crippen LogP contribution is 2.46. The summed E-state index contributed by atoms with van der Waals surface area (Å²) in [6.07, 6.45) is -2.30. The number of rotatable bonds is 4. The van der Waals surface area contributed by atoms with E-state index in [4.69, 9.17) is 4.74 Å². The van der Waals surface area contributed by atoms with Gasteiger partial charge in [0.2, 0.25) is 15.3 Å². The summed E-state index contributed by atoms with van der Waals surface area (Å²) in [6, 6.07) is 11.0. The molecule has 2 aliphatic rings. The molecule has 6 rings (SSSR count). The number of carbonyl (C=O) groups is 1. The zero-order valence-electron chi connectivity index (χ0n) is 20.2. The molecule has 9 nitrogen and oxygen atoms in total. The second-order valence-electron chi connectivity index (χ2n) is 8.95. The van der Waals surface area contributed by atoms with E-state index in [1.54, 1.807) is 24.3 Å². The monoisotopic (exact) mass is 575 g/mol. The molecule has 0 unspecified atom stereocenters. The largest absolute Gasteiger partial charge is 0.586 e. The van der Waals surface area contributed by atoms with Crippen molar-refractivity contribution in [3.63, 3.8) is 0 Å². The van der Waals surface area contributed by atoms with E-state index in [0.717, 1.165) is 12.1 Å². The first-order valence-corrected chi connectivity index (χ1v) is 13.3. The molecule has 4 heterocycles. The lowest BCUT2D eigenvalue weighted by Gasteiger charge is -2.12. The van der Waals surface area contributed by atoms with Gasteiger partial charge < -0.3 is 19.5 Å². The van der Waals surface area contributed by atoms with Crippen LogP contribution in [0.15, 0.2) is 59.6 Å². The highest BCUT2D eigenvalue weighted by Gasteiger charge is 2.44. The smallest absolute Gasteiger partial charge is 0.395 e. The summed E-state index contributed by atoms with van der Waals surface area (Å²) in [4.78, 5) is 20.9. The van der Waals surface area contributed by atoms with Crippen molar-refractivity contribution in [2.24, 2.45) is 0 Å². The maximum Gasteiger partial charge on any atom is 0.586 e. The van der Waals surface area contributed by atoms with Crippen LogP contribution in [0.5, 0.6) is 11.5 Å². The number of alkyl halides is 3. The number of amides is 1. The van der Waals surface area contributed by atoms with Crippen LogP contribution in [0.25, 0.3) is 22.2 Å². The van der Waals surface area contributed by atoms with E-state index in [9.17, 15) is 30.8 Å². The summed E-state index contributed by atoms with van der Waals surface area (Å²) in [5.74, 6) is -2.11. The SMILES string of the molecule is O=C(NCc1cc2nc(-c3cccc4c3OC(F)(F)O4)ccc2cn1)c1cc(F)c2c(c1)S(=O)(=O)[C@@H](F)COC2. The Hall–Kier alpha value is -4.30. The molecule has 0 aliphatic carbocycles. The Kier molecular flexibility index (Phi) is 6.11. The van der Waals surface area contributed by atoms with Crippen LogP contribution in [0.4, 0.5) is 17.6 Å². The summed E-state index contributed by atoms with van der Waals surface area (Å²) in [5.41, 5.74) is -1.69. The molecule has 4 aromatic rings. The third-order valence-corrected chi connectivity index (χ3v) is 8.11. The van der Waals surface area contributed by atoms with Crippen molar-refractivity contribution in [3.05, 3.63) is 77.4 Å². The number of benzene rings is 2. The molecular weight excluding hydrogens is 558 g/mol. The lowest BCUT2D eigenvalue weighted by Crippen LogP contribution is -2.26. The van der Waals surface area contributed by atoms with Gasteiger partial charge in [-0.15, -0.1) is 8.78 Å². The number of halogens is 4. The van der Waals surface area contributed by atoms with E-state index in [2.05, 4.69) is 24.8 Å². The lowest BCUT2D eigenvalue weighted by atomic mass is 10.1. The Morgan fingerprint density at radius 2 is 1.95 bits per heavy atom. The van der Waals surface area contributed by atoms with E-state index >= 15 is 0 Å². The summed E-state index contributed by atoms with van der Waals surface area (Å²) in [7, 11) is -4.56. The minimum Gasteiger partial charge on any atom is -0.395 e. The maximum absolute atomic E-state index is 14.7. The topological polar surface area (TPSA) is 117 Å². The third kappa shape index (κ3) is 4.58. The first kappa shape index (κ1) is 26.0. The molecule has 14 heteroatoms. The van der Waals surface area contributed by atoms with Crippen molar-refractivity contribution >= 4 is 26.6 Å². The lowest BCUT2D eigenvalue weighted by molar-refractivity contribution is -0.286. The predicted octanol–water partition coefficient (Wildman–Crippen LogP) is 4.29. The molecule has 2 aromatic heterocycles. The Labute approximate surface area is 223 Å². The van der Waals surface area contributed by atoms with Crippen LogP contribution in [0.1, 0.15) is 21.6 Å². The van der Waals surface area contributed by atoms with Gasteiger partial charge in [0.05, 0.1) is 41.6 Å². The number of hydrogen-bond acceptors (Lipinski definition) is 8. The Balaban J connectivity index is 1.25. The van der Waals surface area contributed by atoms with Crippen LogP contribution in [0, 0.1) is 5.82 Å². The minimum atomic E-state index is -4.56. The molecule has 1 atom stereocenters. The summed E-state index contributed by atoms with van der Waals surface area (Å²) >= 11 is 0. The number of fused-ring (bicyclic) bond motifs is 3. The molecule has 0 bridgehead atoms. The highest BCUT2D eigenvalue weighted by molar-refractivity contribution is 7.92. The number of ether oxygens (including phenoxy) is 3. The van der Waals surface area contributed by atoms with Crippen LogP contribution in [0.2, 0.25) is 0 Å². The zero-order chi connectivity index (χ0) is 28.2. The van der Waals surface area contributed by atoms with Crippen molar-refractivity contribution in [2.45, 2.75) is 29.8 Å². The van der Waals surface area contributed by atoms with Crippen LogP contribution in [-0.4, -0.2) is 42.7 Å². The molecule has 1 N–H and O–H groups in total. The fourth-order valence-electron chi connectivity index (χ4n) is 4.37. The van der Waals surface area contributed by atoms with E-state index < -0.39 is 51.5 Å². The molecule has 0 spiro atoms. The van der Waals surface area contributed by atoms with Crippen molar-refractivity contribution in [3.8, 4) is 22.8 Å². The molecule has 40 heavy (non-hydrogen) atoms. The van der Waals surface area contributed by atoms with Crippen molar-refractivity contribution in [1.29, 1.82) is 0 Å². The second kappa shape index (κ2) is 9.41. The van der Waals surface area contributed by atoms with Gasteiger partial charge in [0.1, 0.15) is 5.82 Å². The third-order valence-electron chi connectivity index (χ3n) is 6.32. The predicted molar refractivity (Wildman–Crippen MR) is 130 cm³/mol. The van der Waals surface area contributed by atoms with Crippen molar-refractivity contribution in [2.75, 3.05) is 6.61 Å². The standard InChI is InChI=1S/C26H17F4N3O6S/c27-18-6-14(7-22-17(18)11-37-12-23(28)40(22,35)36)25(34)32-10-15-8-20-13(9-31-15)4-5-19(33-20)16-2-1-3-21-24(16)39-26(29,30)38-21/h1-9,23H,10-12H2,(H,32,34)/t23-/m1/s1. The molecule has 0 saturated heterocycles. The first-order chi connectivity index (χ1) is 19.0. The highest BCUT2D eigenvalue weighted by atomic mass is 32.2. The van der Waals surface area contributed by atoms with Gasteiger partial charge in [-0.25, -0.2) is 22.2 Å². The van der Waals surface area contributed by atoms with Crippen LogP contribution in [-0.2, 0) is 27.7 Å². The van der Waals surface area contributed by atoms with Crippen LogP contribution < -0.4 is 14.8 Å². The number of nitrogens with one attached hydrogen (secondary N) is 1. The number of aromatic nitrogens is 2. The van der Waals surface area contributed by atoms with Crippen molar-refractivity contribution < 1.29 is 45.0 Å². The number of nitrogens with zero attached hydrogens (tertiary/aromatic N) is 2. The molecule has 0 fully saturated rings. The number of para-hydroxylation sites is 1. The molecule has 0 saturated carbocycles. The fraction of sp³-hybridized carbons (Fsp3) is 0.192. The minimum absolute atomic E-state index is 0.126. The molecule has 0 radical (unpaired) electrons. The molecule has 2 aliphatic heterocycles. The van der Waals surface area contributed by atoms with E-state index in [0.29, 0.717) is 22.3 Å². The summed E-state index contributed by atoms with van der Waals surface area (Å²) < 4.78 is 94.9. The van der Waals surface area contributed by atoms with E-state index in [-0.39, 0.29) is 34.7 Å². The quantitative estimate of drug-likeness (QED) is 0.359. The zero-order valence-corrected chi connectivity index (χ0v) is 21.0. The normalized spacial score (nSPS) is 18.6. The maximum atomic E-state index is 14.7. The van der Waals surface area contributed by atoms with Gasteiger partial charge in [0, 0.05) is 28.3 Å². The van der Waals surface area contributed by atoms with Crippen LogP contribution in [0.3, 0.4) is 0 Å². The van der Waals surface area contributed by atoms with E-state index in [1.807, 2.05) is 0 Å². The average molecular weight is 575 g/mol. The molecule has 1 amide bonds. The van der Waals surface area contributed by atoms with Gasteiger partial charge in [-0.2, -0.15) is 0 Å². The summed E-state index contributed by atoms with van der Waals surface area (Å²) in [5, 5.41) is 3.14. The molecular formula is C26H17F4N3O6S. The van der Waals surface area contributed by atoms with Gasteiger partial charge in [-0.1, -0.05) is 6.07 Å². The number of carbonyl (C=O) groups excluding carboxylic acids is 1. The molecule has 206 valence electrons. The van der Waals surface area contributed by atoms with Crippen molar-refractivity contribution in [1.82, 2.24) is 15.3 Å².